The number of halogens is 1. The quantitative estimate of drug-likeness (QED) is 0.607. The van der Waals surface area contributed by atoms with Crippen molar-refractivity contribution in [2.45, 2.75) is 13.5 Å². The molecule has 3 nitrogen and oxygen atoms in total. The zero-order valence-corrected chi connectivity index (χ0v) is 14.0. The molecule has 3 rings (SSSR count). The van der Waals surface area contributed by atoms with Crippen LogP contribution in [0.1, 0.15) is 20.8 Å². The summed E-state index contributed by atoms with van der Waals surface area (Å²) >= 11 is 6.91. The highest BCUT2D eigenvalue weighted by atomic mass is 35.5. The second kappa shape index (κ2) is 6.94. The van der Waals surface area contributed by atoms with Crippen LogP contribution < -0.4 is 4.74 Å². The zero-order chi connectivity index (χ0) is 16.2. The molecular weight excluding hydrogens is 330 g/mol. The van der Waals surface area contributed by atoms with Crippen molar-refractivity contribution < 1.29 is 9.53 Å². The molecule has 0 unspecified atom stereocenters. The van der Waals surface area contributed by atoms with Gasteiger partial charge in [0.15, 0.2) is 4.88 Å². The van der Waals surface area contributed by atoms with Gasteiger partial charge in [-0.1, -0.05) is 60.2 Å². The van der Waals surface area contributed by atoms with Crippen LogP contribution in [-0.4, -0.2) is 10.2 Å². The van der Waals surface area contributed by atoms with Gasteiger partial charge in [0.05, 0.1) is 0 Å². The predicted octanol–water partition coefficient (Wildman–Crippen LogP) is 5.08. The molecule has 3 aromatic rings. The lowest BCUT2D eigenvalue weighted by molar-refractivity contribution is 0.108. The Morgan fingerprint density at radius 1 is 1.13 bits per heavy atom. The Labute approximate surface area is 143 Å². The summed E-state index contributed by atoms with van der Waals surface area (Å²) < 4.78 is 5.70. The lowest BCUT2D eigenvalue weighted by Crippen LogP contribution is -1.98. The number of thiazole rings is 1. The number of aryl methyl sites for hydroxylation is 1. The van der Waals surface area contributed by atoms with Gasteiger partial charge in [0.2, 0.25) is 5.88 Å². The lowest BCUT2D eigenvalue weighted by atomic mass is 10.2. The van der Waals surface area contributed by atoms with E-state index >= 15 is 0 Å². The van der Waals surface area contributed by atoms with Crippen LogP contribution in [0.3, 0.4) is 0 Å². The molecular formula is C18H14ClNO2S. The highest BCUT2D eigenvalue weighted by Gasteiger charge is 2.19. The first-order valence-electron chi connectivity index (χ1n) is 7.08. The molecule has 1 aromatic heterocycles. The van der Waals surface area contributed by atoms with E-state index in [0.717, 1.165) is 16.1 Å². The van der Waals surface area contributed by atoms with Crippen molar-refractivity contribution in [1.82, 2.24) is 4.98 Å². The first kappa shape index (κ1) is 15.7. The standard InChI is InChI=1S/C18H14ClNO2S/c1-12-7-9-14(10-8-12)18-20-17(15(23-18)16(19)21)22-11-13-5-3-2-4-6-13/h2-10H,11H2,1H3. The SMILES string of the molecule is Cc1ccc(-c2nc(OCc3ccccc3)c(C(=O)Cl)s2)cc1. The highest BCUT2D eigenvalue weighted by molar-refractivity contribution is 7.18. The fraction of sp³-hybridized carbons (Fsp3) is 0.111. The van der Waals surface area contributed by atoms with Gasteiger partial charge in [-0.3, -0.25) is 4.79 Å². The van der Waals surface area contributed by atoms with Crippen LogP contribution in [0, 0.1) is 6.92 Å². The third-order valence-electron chi connectivity index (χ3n) is 3.29. The fourth-order valence-corrected chi connectivity index (χ4v) is 3.12. The van der Waals surface area contributed by atoms with E-state index in [4.69, 9.17) is 16.3 Å². The molecule has 1 heterocycles. The zero-order valence-electron chi connectivity index (χ0n) is 12.5. The van der Waals surface area contributed by atoms with Crippen molar-refractivity contribution in [2.75, 3.05) is 0 Å². The van der Waals surface area contributed by atoms with Crippen molar-refractivity contribution in [3.8, 4) is 16.5 Å². The van der Waals surface area contributed by atoms with Crippen LogP contribution in [0.5, 0.6) is 5.88 Å². The summed E-state index contributed by atoms with van der Waals surface area (Å²) in [6.07, 6.45) is 0. The van der Waals surface area contributed by atoms with Crippen molar-refractivity contribution in [3.63, 3.8) is 0 Å². The molecule has 116 valence electrons. The molecule has 0 saturated carbocycles. The Hall–Kier alpha value is -2.17. The largest absolute Gasteiger partial charge is 0.472 e. The molecule has 0 fully saturated rings. The van der Waals surface area contributed by atoms with Crippen molar-refractivity contribution >= 4 is 28.2 Å². The molecule has 0 aliphatic rings. The number of aromatic nitrogens is 1. The van der Waals surface area contributed by atoms with Gasteiger partial charge < -0.3 is 4.74 Å². The Kier molecular flexibility index (Phi) is 4.74. The average molecular weight is 344 g/mol. The van der Waals surface area contributed by atoms with E-state index in [0.29, 0.717) is 11.5 Å². The third-order valence-corrected chi connectivity index (χ3v) is 4.68. The second-order valence-corrected chi connectivity index (χ2v) is 6.41. The molecule has 0 N–H and O–H groups in total. The third kappa shape index (κ3) is 3.78. The molecule has 0 atom stereocenters. The number of hydrogen-bond acceptors (Lipinski definition) is 4. The molecule has 0 saturated heterocycles. The van der Waals surface area contributed by atoms with Gasteiger partial charge in [0.25, 0.3) is 5.24 Å². The summed E-state index contributed by atoms with van der Waals surface area (Å²) in [6, 6.07) is 17.7. The molecule has 0 aliphatic heterocycles. The smallest absolute Gasteiger partial charge is 0.267 e. The number of hydrogen-bond donors (Lipinski definition) is 0. The van der Waals surface area contributed by atoms with Crippen LogP contribution in [0.4, 0.5) is 0 Å². The Balaban J connectivity index is 1.87. The van der Waals surface area contributed by atoms with Crippen LogP contribution in [-0.2, 0) is 6.61 Å². The number of carbonyl (C=O) groups excluding carboxylic acids is 1. The van der Waals surface area contributed by atoms with E-state index in [1.165, 1.54) is 16.9 Å². The van der Waals surface area contributed by atoms with Crippen molar-refractivity contribution in [3.05, 3.63) is 70.6 Å². The first-order chi connectivity index (χ1) is 11.1. The van der Waals surface area contributed by atoms with Gasteiger partial charge in [-0.15, -0.1) is 11.3 Å². The van der Waals surface area contributed by atoms with Crippen LogP contribution in [0.15, 0.2) is 54.6 Å². The van der Waals surface area contributed by atoms with Gasteiger partial charge in [-0.05, 0) is 24.1 Å². The Morgan fingerprint density at radius 2 is 1.83 bits per heavy atom. The number of carbonyl (C=O) groups is 1. The molecule has 0 spiro atoms. The molecule has 5 heteroatoms. The van der Waals surface area contributed by atoms with Crippen molar-refractivity contribution in [1.29, 1.82) is 0 Å². The number of rotatable bonds is 5. The normalized spacial score (nSPS) is 10.5. The van der Waals surface area contributed by atoms with Gasteiger partial charge in [-0.25, -0.2) is 4.98 Å². The van der Waals surface area contributed by atoms with E-state index in [1.54, 1.807) is 0 Å². The predicted molar refractivity (Wildman–Crippen MR) is 93.2 cm³/mol. The number of nitrogens with zero attached hydrogens (tertiary/aromatic N) is 1. The van der Waals surface area contributed by atoms with E-state index in [-0.39, 0.29) is 5.88 Å². The minimum absolute atomic E-state index is 0.287. The minimum atomic E-state index is -0.552. The van der Waals surface area contributed by atoms with E-state index in [1.807, 2.05) is 61.5 Å². The summed E-state index contributed by atoms with van der Waals surface area (Å²) in [4.78, 5) is 16.4. The molecule has 0 radical (unpaired) electrons. The molecule has 2 aromatic carbocycles. The molecule has 0 amide bonds. The van der Waals surface area contributed by atoms with E-state index in [9.17, 15) is 4.79 Å². The van der Waals surface area contributed by atoms with Gasteiger partial charge >= 0.3 is 0 Å². The molecule has 0 aliphatic carbocycles. The van der Waals surface area contributed by atoms with Crippen LogP contribution in [0.2, 0.25) is 0 Å². The maximum absolute atomic E-state index is 11.6. The topological polar surface area (TPSA) is 39.2 Å². The first-order valence-corrected chi connectivity index (χ1v) is 8.27. The fourth-order valence-electron chi connectivity index (χ4n) is 2.07. The summed E-state index contributed by atoms with van der Waals surface area (Å²) in [6.45, 7) is 2.36. The van der Waals surface area contributed by atoms with Gasteiger partial charge in [0.1, 0.15) is 11.6 Å². The van der Waals surface area contributed by atoms with E-state index < -0.39 is 5.24 Å². The summed E-state index contributed by atoms with van der Waals surface area (Å²) in [7, 11) is 0. The Morgan fingerprint density at radius 3 is 2.48 bits per heavy atom. The monoisotopic (exact) mass is 343 g/mol. The van der Waals surface area contributed by atoms with Crippen LogP contribution in [0.25, 0.3) is 10.6 Å². The highest BCUT2D eigenvalue weighted by Crippen LogP contribution is 2.34. The number of benzene rings is 2. The average Bonchev–Trinajstić information content (AvgIpc) is 2.99. The maximum Gasteiger partial charge on any atom is 0.267 e. The van der Waals surface area contributed by atoms with E-state index in [2.05, 4.69) is 4.98 Å². The lowest BCUT2D eigenvalue weighted by Gasteiger charge is -2.03. The molecule has 0 bridgehead atoms. The van der Waals surface area contributed by atoms with Crippen molar-refractivity contribution in [2.24, 2.45) is 0 Å². The van der Waals surface area contributed by atoms with Gasteiger partial charge in [0, 0.05) is 5.56 Å². The maximum atomic E-state index is 11.6. The van der Waals surface area contributed by atoms with Crippen LogP contribution >= 0.6 is 22.9 Å². The second-order valence-electron chi connectivity index (χ2n) is 5.07. The minimum Gasteiger partial charge on any atom is -0.472 e. The Bertz CT molecular complexity index is 813. The summed E-state index contributed by atoms with van der Waals surface area (Å²) in [5, 5.41) is 0.168. The number of ether oxygens (including phenoxy) is 1. The van der Waals surface area contributed by atoms with Gasteiger partial charge in [-0.2, -0.15) is 0 Å². The molecule has 23 heavy (non-hydrogen) atoms. The summed E-state index contributed by atoms with van der Waals surface area (Å²) in [5.41, 5.74) is 3.11. The summed E-state index contributed by atoms with van der Waals surface area (Å²) in [5.74, 6) is 0.287.